The van der Waals surface area contributed by atoms with Crippen molar-refractivity contribution in [3.05, 3.63) is 66.4 Å². The van der Waals surface area contributed by atoms with Crippen LogP contribution < -0.4 is 0 Å². The smallest absolute Gasteiger partial charge is 0.170 e. The van der Waals surface area contributed by atoms with E-state index in [2.05, 4.69) is 22.0 Å². The van der Waals surface area contributed by atoms with Crippen LogP contribution in [0, 0.1) is 6.92 Å². The summed E-state index contributed by atoms with van der Waals surface area (Å²) in [6.45, 7) is 2.08. The molecule has 3 heterocycles. The molecular weight excluding hydrogens is 312 g/mol. The molecule has 5 heteroatoms. The van der Waals surface area contributed by atoms with Crippen LogP contribution >= 0.6 is 0 Å². The van der Waals surface area contributed by atoms with Gasteiger partial charge in [0.05, 0.1) is 5.52 Å². The van der Waals surface area contributed by atoms with E-state index in [4.69, 9.17) is 0 Å². The Morgan fingerprint density at radius 3 is 2.40 bits per heavy atom. The molecule has 0 saturated carbocycles. The minimum Gasteiger partial charge on any atom is -0.296 e. The second kappa shape index (κ2) is 5.94. The van der Waals surface area contributed by atoms with Gasteiger partial charge < -0.3 is 0 Å². The number of aldehydes is 1. The van der Waals surface area contributed by atoms with Gasteiger partial charge in [-0.1, -0.05) is 6.07 Å². The van der Waals surface area contributed by atoms with Gasteiger partial charge in [0, 0.05) is 48.3 Å². The van der Waals surface area contributed by atoms with E-state index in [1.807, 2.05) is 49.8 Å². The SMILES string of the molecule is Cc1c(-c2ccncc2)cncc1-c1ccc2c(c1)c(C=O)nn2C. The van der Waals surface area contributed by atoms with Crippen molar-refractivity contribution in [2.45, 2.75) is 6.92 Å². The van der Waals surface area contributed by atoms with E-state index >= 15 is 0 Å². The molecule has 0 atom stereocenters. The lowest BCUT2D eigenvalue weighted by molar-refractivity contribution is 0.111. The van der Waals surface area contributed by atoms with Crippen LogP contribution in [-0.2, 0) is 7.05 Å². The molecule has 0 radical (unpaired) electrons. The van der Waals surface area contributed by atoms with Crippen molar-refractivity contribution < 1.29 is 4.79 Å². The van der Waals surface area contributed by atoms with Gasteiger partial charge in [0.25, 0.3) is 0 Å². The van der Waals surface area contributed by atoms with Gasteiger partial charge in [-0.2, -0.15) is 5.10 Å². The molecule has 0 spiro atoms. The summed E-state index contributed by atoms with van der Waals surface area (Å²) in [7, 11) is 1.84. The molecule has 0 amide bonds. The molecule has 1 aromatic carbocycles. The second-order valence-corrected chi connectivity index (χ2v) is 5.95. The van der Waals surface area contributed by atoms with Crippen LogP contribution in [0.3, 0.4) is 0 Å². The average Bonchev–Trinajstić information content (AvgIpc) is 2.98. The van der Waals surface area contributed by atoms with Gasteiger partial charge in [-0.05, 0) is 47.9 Å². The van der Waals surface area contributed by atoms with Gasteiger partial charge in [0.15, 0.2) is 6.29 Å². The maximum absolute atomic E-state index is 11.3. The lowest BCUT2D eigenvalue weighted by Crippen LogP contribution is -1.92. The predicted molar refractivity (Wildman–Crippen MR) is 97.3 cm³/mol. The van der Waals surface area contributed by atoms with E-state index < -0.39 is 0 Å². The van der Waals surface area contributed by atoms with E-state index in [-0.39, 0.29) is 0 Å². The van der Waals surface area contributed by atoms with E-state index in [0.717, 1.165) is 45.0 Å². The van der Waals surface area contributed by atoms with E-state index in [1.54, 1.807) is 17.1 Å². The molecule has 5 nitrogen and oxygen atoms in total. The van der Waals surface area contributed by atoms with Crippen molar-refractivity contribution in [3.63, 3.8) is 0 Å². The Hall–Kier alpha value is -3.34. The number of carbonyl (C=O) groups excluding carboxylic acids is 1. The van der Waals surface area contributed by atoms with Crippen LogP contribution in [0.25, 0.3) is 33.2 Å². The number of rotatable bonds is 3. The zero-order chi connectivity index (χ0) is 17.4. The topological polar surface area (TPSA) is 60.7 Å². The Balaban J connectivity index is 1.91. The summed E-state index contributed by atoms with van der Waals surface area (Å²) in [5.74, 6) is 0. The zero-order valence-electron chi connectivity index (χ0n) is 14.0. The molecule has 4 rings (SSSR count). The third-order valence-corrected chi connectivity index (χ3v) is 4.51. The Labute approximate surface area is 145 Å². The van der Waals surface area contributed by atoms with Gasteiger partial charge in [0.1, 0.15) is 5.69 Å². The Kier molecular flexibility index (Phi) is 3.61. The number of carbonyl (C=O) groups is 1. The minimum absolute atomic E-state index is 0.454. The van der Waals surface area contributed by atoms with Gasteiger partial charge in [-0.25, -0.2) is 0 Å². The van der Waals surface area contributed by atoms with Gasteiger partial charge >= 0.3 is 0 Å². The standard InChI is InChI=1S/C20H16N4O/c1-13-17(14-5-7-21-8-6-14)10-22-11-18(13)15-3-4-20-16(9-15)19(12-25)23-24(20)2/h3-12H,1-2H3. The third-order valence-electron chi connectivity index (χ3n) is 4.51. The van der Waals surface area contributed by atoms with Crippen molar-refractivity contribution in [2.24, 2.45) is 7.05 Å². The monoisotopic (exact) mass is 328 g/mol. The zero-order valence-corrected chi connectivity index (χ0v) is 14.0. The molecular formula is C20H16N4O. The average molecular weight is 328 g/mol. The van der Waals surface area contributed by atoms with Crippen molar-refractivity contribution in [2.75, 3.05) is 0 Å². The quantitative estimate of drug-likeness (QED) is 0.536. The summed E-state index contributed by atoms with van der Waals surface area (Å²) in [6, 6.07) is 9.99. The number of hydrogen-bond donors (Lipinski definition) is 0. The number of hydrogen-bond acceptors (Lipinski definition) is 4. The molecule has 0 fully saturated rings. The summed E-state index contributed by atoms with van der Waals surface area (Å²) >= 11 is 0. The van der Waals surface area contributed by atoms with E-state index in [0.29, 0.717) is 5.69 Å². The van der Waals surface area contributed by atoms with Crippen molar-refractivity contribution in [1.29, 1.82) is 0 Å². The summed E-state index contributed by atoms with van der Waals surface area (Å²) in [6.07, 6.45) is 8.08. The summed E-state index contributed by atoms with van der Waals surface area (Å²) in [4.78, 5) is 19.8. The van der Waals surface area contributed by atoms with E-state index in [1.165, 1.54) is 0 Å². The molecule has 0 bridgehead atoms. The van der Waals surface area contributed by atoms with Gasteiger partial charge in [0.2, 0.25) is 0 Å². The number of pyridine rings is 2. The fourth-order valence-corrected chi connectivity index (χ4v) is 3.19. The van der Waals surface area contributed by atoms with Crippen molar-refractivity contribution in [3.8, 4) is 22.3 Å². The van der Waals surface area contributed by atoms with Crippen LogP contribution in [0.5, 0.6) is 0 Å². The maximum Gasteiger partial charge on any atom is 0.170 e. The predicted octanol–water partition coefficient (Wildman–Crippen LogP) is 3.82. The highest BCUT2D eigenvalue weighted by molar-refractivity contribution is 5.97. The van der Waals surface area contributed by atoms with Crippen LogP contribution in [0.2, 0.25) is 0 Å². The number of aryl methyl sites for hydroxylation is 1. The highest BCUT2D eigenvalue weighted by Crippen LogP contribution is 2.32. The Morgan fingerprint density at radius 2 is 1.68 bits per heavy atom. The van der Waals surface area contributed by atoms with Crippen LogP contribution in [-0.4, -0.2) is 26.0 Å². The molecule has 0 aliphatic rings. The maximum atomic E-state index is 11.3. The molecule has 0 N–H and O–H groups in total. The first-order valence-electron chi connectivity index (χ1n) is 7.96. The molecule has 25 heavy (non-hydrogen) atoms. The Bertz CT molecular complexity index is 1080. The molecule has 0 aliphatic carbocycles. The van der Waals surface area contributed by atoms with Crippen LogP contribution in [0.15, 0.2) is 55.1 Å². The number of nitrogens with zero attached hydrogens (tertiary/aromatic N) is 4. The lowest BCUT2D eigenvalue weighted by atomic mass is 9.95. The third kappa shape index (κ3) is 2.50. The summed E-state index contributed by atoms with van der Waals surface area (Å²) in [5, 5.41) is 5.11. The highest BCUT2D eigenvalue weighted by Gasteiger charge is 2.12. The molecule has 3 aromatic heterocycles. The summed E-state index contributed by atoms with van der Waals surface area (Å²) in [5.41, 5.74) is 6.73. The molecule has 0 unspecified atom stereocenters. The van der Waals surface area contributed by atoms with Crippen molar-refractivity contribution >= 4 is 17.2 Å². The molecule has 122 valence electrons. The Morgan fingerprint density at radius 1 is 0.960 bits per heavy atom. The second-order valence-electron chi connectivity index (χ2n) is 5.95. The lowest BCUT2D eigenvalue weighted by Gasteiger charge is -2.11. The highest BCUT2D eigenvalue weighted by atomic mass is 16.1. The number of fused-ring (bicyclic) bond motifs is 1. The van der Waals surface area contributed by atoms with Gasteiger partial charge in [-0.15, -0.1) is 0 Å². The summed E-state index contributed by atoms with van der Waals surface area (Å²) < 4.78 is 1.72. The van der Waals surface area contributed by atoms with E-state index in [9.17, 15) is 4.79 Å². The van der Waals surface area contributed by atoms with Crippen LogP contribution in [0.4, 0.5) is 0 Å². The molecule has 0 saturated heterocycles. The molecule has 0 aliphatic heterocycles. The minimum atomic E-state index is 0.454. The largest absolute Gasteiger partial charge is 0.296 e. The molecule has 4 aromatic rings. The normalized spacial score (nSPS) is 11.0. The van der Waals surface area contributed by atoms with Crippen molar-refractivity contribution in [1.82, 2.24) is 19.7 Å². The fourth-order valence-electron chi connectivity index (χ4n) is 3.19. The first-order valence-corrected chi connectivity index (χ1v) is 7.96. The van der Waals surface area contributed by atoms with Gasteiger partial charge in [-0.3, -0.25) is 19.4 Å². The fraction of sp³-hybridized carbons (Fsp3) is 0.100. The number of benzene rings is 1. The number of aromatic nitrogens is 4. The first-order chi connectivity index (χ1) is 12.2. The first kappa shape index (κ1) is 15.2. The van der Waals surface area contributed by atoms with Crippen LogP contribution in [0.1, 0.15) is 16.1 Å².